The summed E-state index contributed by atoms with van der Waals surface area (Å²) in [5.41, 5.74) is -0.497. The van der Waals surface area contributed by atoms with E-state index in [0.717, 1.165) is 32.0 Å². The van der Waals surface area contributed by atoms with Gasteiger partial charge in [0.05, 0.1) is 5.56 Å². The van der Waals surface area contributed by atoms with Gasteiger partial charge in [-0.25, -0.2) is 9.89 Å². The van der Waals surface area contributed by atoms with Crippen molar-refractivity contribution in [3.8, 4) is 11.5 Å². The lowest BCUT2D eigenvalue weighted by molar-refractivity contribution is -0.137. The van der Waals surface area contributed by atoms with Crippen molar-refractivity contribution in [2.24, 2.45) is 5.92 Å². The third-order valence-corrected chi connectivity index (χ3v) is 4.48. The Morgan fingerprint density at radius 1 is 1.32 bits per heavy atom. The molecule has 0 spiro atoms. The van der Waals surface area contributed by atoms with Gasteiger partial charge in [0.15, 0.2) is 0 Å². The van der Waals surface area contributed by atoms with E-state index in [1.807, 2.05) is 6.92 Å². The molecule has 0 bridgehead atoms. The van der Waals surface area contributed by atoms with Gasteiger partial charge in [0.25, 0.3) is 0 Å². The Balaban J connectivity index is 1.91. The maximum Gasteiger partial charge on any atom is 0.434 e. The lowest BCUT2D eigenvalue weighted by Gasteiger charge is -2.30. The third-order valence-electron chi connectivity index (χ3n) is 4.48. The lowest BCUT2D eigenvalue weighted by Crippen LogP contribution is -2.36. The van der Waals surface area contributed by atoms with Crippen molar-refractivity contribution in [3.05, 3.63) is 34.3 Å². The second kappa shape index (κ2) is 6.91. The first-order chi connectivity index (χ1) is 11.8. The van der Waals surface area contributed by atoms with E-state index in [1.165, 1.54) is 12.1 Å². The molecule has 25 heavy (non-hydrogen) atoms. The van der Waals surface area contributed by atoms with Gasteiger partial charge >= 0.3 is 11.9 Å². The van der Waals surface area contributed by atoms with Crippen LogP contribution >= 0.6 is 0 Å². The van der Waals surface area contributed by atoms with Gasteiger partial charge in [-0.1, -0.05) is 0 Å². The van der Waals surface area contributed by atoms with Crippen LogP contribution in [0.1, 0.15) is 25.3 Å². The summed E-state index contributed by atoms with van der Waals surface area (Å²) < 4.78 is 44.8. The number of benzene rings is 1. The molecule has 1 atom stereocenters. The summed E-state index contributed by atoms with van der Waals surface area (Å²) in [6.45, 7) is 3.61. The van der Waals surface area contributed by atoms with Crippen molar-refractivity contribution in [3.63, 3.8) is 0 Å². The largest absolute Gasteiger partial charge is 0.434 e. The van der Waals surface area contributed by atoms with Crippen LogP contribution in [0, 0.1) is 5.92 Å². The molecular formula is C16H19F3N4O2. The highest BCUT2D eigenvalue weighted by Gasteiger charge is 2.34. The van der Waals surface area contributed by atoms with Crippen LogP contribution in [0.15, 0.2) is 27.4 Å². The van der Waals surface area contributed by atoms with Gasteiger partial charge in [-0.15, -0.1) is 5.10 Å². The van der Waals surface area contributed by atoms with Crippen LogP contribution < -0.4 is 16.4 Å². The number of piperidine rings is 1. The summed E-state index contributed by atoms with van der Waals surface area (Å²) in [5.74, 6) is -0.516. The molecule has 3 N–H and O–H groups in total. The van der Waals surface area contributed by atoms with Crippen molar-refractivity contribution in [1.29, 1.82) is 0 Å². The SMILES string of the molecule is C[C@@H](Nc1cc(-c2n[nH]c(=O)o2)ccc1C(F)(F)F)C1CCNCC1. The predicted octanol–water partition coefficient (Wildman–Crippen LogP) is 2.85. The molecule has 0 unspecified atom stereocenters. The Morgan fingerprint density at radius 2 is 2.04 bits per heavy atom. The van der Waals surface area contributed by atoms with Gasteiger partial charge in [-0.05, 0) is 57.0 Å². The Morgan fingerprint density at radius 3 is 2.64 bits per heavy atom. The second-order valence-corrected chi connectivity index (χ2v) is 6.20. The lowest BCUT2D eigenvalue weighted by atomic mass is 9.91. The van der Waals surface area contributed by atoms with Crippen LogP contribution in [0.25, 0.3) is 11.5 Å². The number of rotatable bonds is 4. The minimum Gasteiger partial charge on any atom is -0.388 e. The van der Waals surface area contributed by atoms with E-state index in [-0.39, 0.29) is 23.5 Å². The molecule has 6 nitrogen and oxygen atoms in total. The van der Waals surface area contributed by atoms with E-state index in [1.54, 1.807) is 0 Å². The zero-order valence-corrected chi connectivity index (χ0v) is 13.6. The number of aromatic nitrogens is 2. The number of halogens is 3. The highest BCUT2D eigenvalue weighted by molar-refractivity contribution is 5.65. The molecule has 3 rings (SSSR count). The monoisotopic (exact) mass is 356 g/mol. The van der Waals surface area contributed by atoms with Crippen molar-refractivity contribution in [2.75, 3.05) is 18.4 Å². The molecule has 1 aromatic heterocycles. The molecule has 0 radical (unpaired) electrons. The summed E-state index contributed by atoms with van der Waals surface area (Å²) >= 11 is 0. The van der Waals surface area contributed by atoms with Crippen LogP contribution in [0.5, 0.6) is 0 Å². The third kappa shape index (κ3) is 4.04. The first-order valence-electron chi connectivity index (χ1n) is 8.09. The zero-order chi connectivity index (χ0) is 18.0. The van der Waals surface area contributed by atoms with Crippen LogP contribution in [0.4, 0.5) is 18.9 Å². The average molecular weight is 356 g/mol. The number of hydrogen-bond acceptors (Lipinski definition) is 5. The van der Waals surface area contributed by atoms with Gasteiger partial charge in [0.1, 0.15) is 0 Å². The number of nitrogens with one attached hydrogen (secondary N) is 3. The normalized spacial score (nSPS) is 17.4. The van der Waals surface area contributed by atoms with E-state index in [2.05, 4.69) is 20.8 Å². The molecule has 0 saturated carbocycles. The Labute approximate surface area is 141 Å². The van der Waals surface area contributed by atoms with E-state index in [4.69, 9.17) is 4.42 Å². The standard InChI is InChI=1S/C16H19F3N4O2/c1-9(10-4-6-20-7-5-10)21-13-8-11(14-22-23-15(24)25-14)2-3-12(13)16(17,18)19/h2-3,8-10,20-21H,4-7H2,1H3,(H,23,24)/t9-/m1/s1. The Kier molecular flexibility index (Phi) is 4.85. The summed E-state index contributed by atoms with van der Waals surface area (Å²) in [7, 11) is 0. The summed E-state index contributed by atoms with van der Waals surface area (Å²) in [6.07, 6.45) is -2.67. The molecule has 0 amide bonds. The van der Waals surface area contributed by atoms with Gasteiger partial charge < -0.3 is 15.1 Å². The average Bonchev–Trinajstić information content (AvgIpc) is 3.01. The summed E-state index contributed by atoms with van der Waals surface area (Å²) in [4.78, 5) is 11.1. The minimum atomic E-state index is -4.49. The molecule has 1 fully saturated rings. The highest BCUT2D eigenvalue weighted by atomic mass is 19.4. The van der Waals surface area contributed by atoms with Gasteiger partial charge in [-0.2, -0.15) is 13.2 Å². The molecule has 2 aromatic rings. The quantitative estimate of drug-likeness (QED) is 0.785. The predicted molar refractivity (Wildman–Crippen MR) is 86.2 cm³/mol. The highest BCUT2D eigenvalue weighted by Crippen LogP contribution is 2.37. The fourth-order valence-electron chi connectivity index (χ4n) is 3.10. The molecule has 1 aromatic carbocycles. The molecular weight excluding hydrogens is 337 g/mol. The van der Waals surface area contributed by atoms with Crippen molar-refractivity contribution >= 4 is 5.69 Å². The molecule has 136 valence electrons. The van der Waals surface area contributed by atoms with Crippen LogP contribution in [0.3, 0.4) is 0 Å². The molecule has 1 saturated heterocycles. The zero-order valence-electron chi connectivity index (χ0n) is 13.6. The Hall–Kier alpha value is -2.29. The molecule has 9 heteroatoms. The van der Waals surface area contributed by atoms with Crippen molar-refractivity contribution in [1.82, 2.24) is 15.5 Å². The van der Waals surface area contributed by atoms with Gasteiger partial charge in [-0.3, -0.25) is 0 Å². The van der Waals surface area contributed by atoms with Gasteiger partial charge in [0.2, 0.25) is 5.89 Å². The van der Waals surface area contributed by atoms with E-state index >= 15 is 0 Å². The first-order valence-corrected chi connectivity index (χ1v) is 8.09. The van der Waals surface area contributed by atoms with Crippen molar-refractivity contribution in [2.45, 2.75) is 32.0 Å². The maximum atomic E-state index is 13.3. The molecule has 0 aliphatic carbocycles. The van der Waals surface area contributed by atoms with Crippen LogP contribution in [-0.4, -0.2) is 29.3 Å². The van der Waals surface area contributed by atoms with E-state index in [9.17, 15) is 18.0 Å². The molecule has 1 aliphatic rings. The smallest absolute Gasteiger partial charge is 0.388 e. The van der Waals surface area contributed by atoms with Crippen LogP contribution in [-0.2, 0) is 6.18 Å². The molecule has 1 aliphatic heterocycles. The number of hydrogen-bond donors (Lipinski definition) is 3. The van der Waals surface area contributed by atoms with E-state index < -0.39 is 17.5 Å². The number of aromatic amines is 1. The summed E-state index contributed by atoms with van der Waals surface area (Å²) in [6, 6.07) is 3.41. The Bertz CT molecular complexity index is 778. The van der Waals surface area contributed by atoms with E-state index in [0.29, 0.717) is 5.56 Å². The number of H-pyrrole nitrogens is 1. The summed E-state index contributed by atoms with van der Waals surface area (Å²) in [5, 5.41) is 12.0. The fourth-order valence-corrected chi connectivity index (χ4v) is 3.10. The van der Waals surface area contributed by atoms with Crippen molar-refractivity contribution < 1.29 is 17.6 Å². The number of alkyl halides is 3. The number of nitrogens with zero attached hydrogens (tertiary/aromatic N) is 1. The second-order valence-electron chi connectivity index (χ2n) is 6.20. The fraction of sp³-hybridized carbons (Fsp3) is 0.500. The van der Waals surface area contributed by atoms with Crippen LogP contribution in [0.2, 0.25) is 0 Å². The first kappa shape index (κ1) is 17.5. The minimum absolute atomic E-state index is 0.0401. The van der Waals surface area contributed by atoms with Gasteiger partial charge in [0, 0.05) is 17.3 Å². The maximum absolute atomic E-state index is 13.3. The molecule has 2 heterocycles. The number of anilines is 1. The topological polar surface area (TPSA) is 83.0 Å².